The molecule has 0 saturated carbocycles. The first-order valence-electron chi connectivity index (χ1n) is 6.70. The molecule has 0 amide bonds. The first-order valence-corrected chi connectivity index (χ1v) is 7.50. The van der Waals surface area contributed by atoms with E-state index in [0.717, 1.165) is 5.56 Å². The van der Waals surface area contributed by atoms with E-state index in [-0.39, 0.29) is 16.7 Å². The Balaban J connectivity index is 2.08. The number of nitro groups is 1. The zero-order chi connectivity index (χ0) is 15.4. The largest absolute Gasteiger partial charge is 0.306 e. The van der Waals surface area contributed by atoms with Crippen molar-refractivity contribution in [2.45, 2.75) is 26.4 Å². The molecular weight excluding hydrogens is 332 g/mol. The third-order valence-electron chi connectivity index (χ3n) is 3.43. The predicted octanol–water partition coefficient (Wildman–Crippen LogP) is 4.52. The molecule has 0 radical (unpaired) electrons. The standard InChI is InChI=1S/C16H17BrN2O2/c1-11-6-8-13(9-7-11)12(2)18-10-14-4-3-5-15(16(14)17)19(20)21/h3-9,12,18H,10H2,1-2H3/t12-/m1/s1. The predicted molar refractivity (Wildman–Crippen MR) is 87.2 cm³/mol. The van der Waals surface area contributed by atoms with E-state index in [1.807, 2.05) is 6.07 Å². The summed E-state index contributed by atoms with van der Waals surface area (Å²) in [5, 5.41) is 14.3. The maximum Gasteiger partial charge on any atom is 0.283 e. The second-order valence-corrected chi connectivity index (χ2v) is 5.81. The smallest absolute Gasteiger partial charge is 0.283 e. The summed E-state index contributed by atoms with van der Waals surface area (Å²) in [6, 6.07) is 13.6. The van der Waals surface area contributed by atoms with E-state index < -0.39 is 0 Å². The minimum Gasteiger partial charge on any atom is -0.306 e. The zero-order valence-electron chi connectivity index (χ0n) is 12.0. The van der Waals surface area contributed by atoms with E-state index in [2.05, 4.69) is 59.4 Å². The number of hydrogen-bond acceptors (Lipinski definition) is 3. The highest BCUT2D eigenvalue weighted by Crippen LogP contribution is 2.28. The molecule has 1 atom stereocenters. The highest BCUT2D eigenvalue weighted by atomic mass is 79.9. The summed E-state index contributed by atoms with van der Waals surface area (Å²) in [4.78, 5) is 10.5. The second kappa shape index (κ2) is 6.83. The van der Waals surface area contributed by atoms with Crippen LogP contribution in [0.5, 0.6) is 0 Å². The van der Waals surface area contributed by atoms with Crippen molar-refractivity contribution in [1.29, 1.82) is 0 Å². The normalized spacial score (nSPS) is 12.1. The van der Waals surface area contributed by atoms with Gasteiger partial charge in [-0.1, -0.05) is 42.0 Å². The molecule has 0 fully saturated rings. The molecule has 2 aromatic carbocycles. The fourth-order valence-corrected chi connectivity index (χ4v) is 2.63. The van der Waals surface area contributed by atoms with Crippen LogP contribution in [-0.4, -0.2) is 4.92 Å². The number of aryl methyl sites for hydroxylation is 1. The Labute approximate surface area is 132 Å². The Hall–Kier alpha value is -1.72. The monoisotopic (exact) mass is 348 g/mol. The quantitative estimate of drug-likeness (QED) is 0.638. The summed E-state index contributed by atoms with van der Waals surface area (Å²) in [5.74, 6) is 0. The molecule has 0 aliphatic rings. The van der Waals surface area contributed by atoms with Crippen LogP contribution < -0.4 is 5.32 Å². The average Bonchev–Trinajstić information content (AvgIpc) is 2.46. The Morgan fingerprint density at radius 3 is 2.52 bits per heavy atom. The van der Waals surface area contributed by atoms with Crippen LogP contribution in [0.2, 0.25) is 0 Å². The van der Waals surface area contributed by atoms with Crippen LogP contribution >= 0.6 is 15.9 Å². The van der Waals surface area contributed by atoms with Crippen LogP contribution in [0.1, 0.15) is 29.7 Å². The van der Waals surface area contributed by atoms with E-state index >= 15 is 0 Å². The molecule has 5 heteroatoms. The zero-order valence-corrected chi connectivity index (χ0v) is 13.6. The van der Waals surface area contributed by atoms with Crippen molar-refractivity contribution in [3.05, 3.63) is 73.7 Å². The summed E-state index contributed by atoms with van der Waals surface area (Å²) in [7, 11) is 0. The Morgan fingerprint density at radius 2 is 1.90 bits per heavy atom. The molecule has 0 aliphatic carbocycles. The van der Waals surface area contributed by atoms with Crippen molar-refractivity contribution in [2.75, 3.05) is 0 Å². The van der Waals surface area contributed by atoms with Crippen molar-refractivity contribution in [3.8, 4) is 0 Å². The van der Waals surface area contributed by atoms with E-state index in [4.69, 9.17) is 0 Å². The van der Waals surface area contributed by atoms with Crippen molar-refractivity contribution < 1.29 is 4.92 Å². The molecule has 0 saturated heterocycles. The highest BCUT2D eigenvalue weighted by molar-refractivity contribution is 9.10. The lowest BCUT2D eigenvalue weighted by Gasteiger charge is -2.15. The molecule has 0 aromatic heterocycles. The molecule has 0 bridgehead atoms. The topological polar surface area (TPSA) is 55.2 Å². The Morgan fingerprint density at radius 1 is 1.24 bits per heavy atom. The number of rotatable bonds is 5. The Kier molecular flexibility index (Phi) is 5.09. The summed E-state index contributed by atoms with van der Waals surface area (Å²) >= 11 is 3.32. The van der Waals surface area contributed by atoms with Gasteiger partial charge in [-0.25, -0.2) is 0 Å². The van der Waals surface area contributed by atoms with Crippen LogP contribution in [-0.2, 0) is 6.54 Å². The molecular formula is C16H17BrN2O2. The van der Waals surface area contributed by atoms with Crippen molar-refractivity contribution >= 4 is 21.6 Å². The van der Waals surface area contributed by atoms with E-state index in [1.54, 1.807) is 6.07 Å². The van der Waals surface area contributed by atoms with Gasteiger partial charge in [0.15, 0.2) is 0 Å². The molecule has 4 nitrogen and oxygen atoms in total. The van der Waals surface area contributed by atoms with Gasteiger partial charge in [-0.2, -0.15) is 0 Å². The average molecular weight is 349 g/mol. The lowest BCUT2D eigenvalue weighted by atomic mass is 10.1. The molecule has 21 heavy (non-hydrogen) atoms. The van der Waals surface area contributed by atoms with Gasteiger partial charge in [0.05, 0.1) is 9.40 Å². The van der Waals surface area contributed by atoms with Gasteiger partial charge < -0.3 is 5.32 Å². The first kappa shape index (κ1) is 15.7. The number of nitro benzene ring substituents is 1. The van der Waals surface area contributed by atoms with Crippen molar-refractivity contribution in [3.63, 3.8) is 0 Å². The molecule has 0 aliphatic heterocycles. The second-order valence-electron chi connectivity index (χ2n) is 5.02. The summed E-state index contributed by atoms with van der Waals surface area (Å²) in [5.41, 5.74) is 3.40. The maximum atomic E-state index is 10.9. The van der Waals surface area contributed by atoms with E-state index in [9.17, 15) is 10.1 Å². The van der Waals surface area contributed by atoms with Gasteiger partial charge in [0.25, 0.3) is 5.69 Å². The lowest BCUT2D eigenvalue weighted by Crippen LogP contribution is -2.18. The molecule has 2 rings (SSSR count). The number of halogens is 1. The van der Waals surface area contributed by atoms with E-state index in [1.165, 1.54) is 17.2 Å². The summed E-state index contributed by atoms with van der Waals surface area (Å²) in [6.07, 6.45) is 0. The number of nitrogens with zero attached hydrogens (tertiary/aromatic N) is 1. The van der Waals surface area contributed by atoms with Crippen LogP contribution in [0, 0.1) is 17.0 Å². The van der Waals surface area contributed by atoms with Crippen molar-refractivity contribution in [1.82, 2.24) is 5.32 Å². The van der Waals surface area contributed by atoms with Crippen LogP contribution in [0.3, 0.4) is 0 Å². The third kappa shape index (κ3) is 3.89. The fourth-order valence-electron chi connectivity index (χ4n) is 2.08. The van der Waals surface area contributed by atoms with Gasteiger partial charge in [0.1, 0.15) is 0 Å². The summed E-state index contributed by atoms with van der Waals surface area (Å²) < 4.78 is 0.540. The fraction of sp³-hybridized carbons (Fsp3) is 0.250. The number of hydrogen-bond donors (Lipinski definition) is 1. The lowest BCUT2D eigenvalue weighted by molar-refractivity contribution is -0.385. The Bertz CT molecular complexity index is 641. The minimum atomic E-state index is -0.378. The molecule has 110 valence electrons. The maximum absolute atomic E-state index is 10.9. The molecule has 0 unspecified atom stereocenters. The molecule has 0 heterocycles. The van der Waals surface area contributed by atoms with Crippen molar-refractivity contribution in [2.24, 2.45) is 0 Å². The summed E-state index contributed by atoms with van der Waals surface area (Å²) in [6.45, 7) is 4.70. The number of benzene rings is 2. The van der Waals surface area contributed by atoms with Gasteiger partial charge in [-0.05, 0) is 40.9 Å². The van der Waals surface area contributed by atoms with Gasteiger partial charge >= 0.3 is 0 Å². The van der Waals surface area contributed by atoms with Gasteiger partial charge in [-0.15, -0.1) is 0 Å². The van der Waals surface area contributed by atoms with E-state index in [0.29, 0.717) is 11.0 Å². The molecule has 0 spiro atoms. The number of nitrogens with one attached hydrogen (secondary N) is 1. The van der Waals surface area contributed by atoms with Gasteiger partial charge in [0.2, 0.25) is 0 Å². The molecule has 2 aromatic rings. The third-order valence-corrected chi connectivity index (χ3v) is 4.35. The first-order chi connectivity index (χ1) is 9.99. The van der Waals surface area contributed by atoms with Crippen LogP contribution in [0.4, 0.5) is 5.69 Å². The molecule has 1 N–H and O–H groups in total. The van der Waals surface area contributed by atoms with Crippen LogP contribution in [0.25, 0.3) is 0 Å². The van der Waals surface area contributed by atoms with Gasteiger partial charge in [-0.3, -0.25) is 10.1 Å². The highest BCUT2D eigenvalue weighted by Gasteiger charge is 2.15. The minimum absolute atomic E-state index is 0.0947. The van der Waals surface area contributed by atoms with Gasteiger partial charge in [0, 0.05) is 18.7 Å². The SMILES string of the molecule is Cc1ccc([C@@H](C)NCc2cccc([N+](=O)[O-])c2Br)cc1. The van der Waals surface area contributed by atoms with Crippen LogP contribution in [0.15, 0.2) is 46.9 Å².